The van der Waals surface area contributed by atoms with Gasteiger partial charge in [0.15, 0.2) is 0 Å². The molecule has 1 saturated heterocycles. The summed E-state index contributed by atoms with van der Waals surface area (Å²) in [6, 6.07) is 18.1. The molecule has 0 saturated carbocycles. The van der Waals surface area contributed by atoms with Gasteiger partial charge in [0, 0.05) is 25.3 Å². The number of carbonyl (C=O) groups is 1. The summed E-state index contributed by atoms with van der Waals surface area (Å²) < 4.78 is 41.1. The summed E-state index contributed by atoms with van der Waals surface area (Å²) in [6.45, 7) is 1.41. The number of urea groups is 1. The van der Waals surface area contributed by atoms with E-state index in [2.05, 4.69) is 10.0 Å². The predicted molar refractivity (Wildman–Crippen MR) is 119 cm³/mol. The van der Waals surface area contributed by atoms with Crippen LogP contribution in [-0.4, -0.2) is 39.0 Å². The van der Waals surface area contributed by atoms with Crippen molar-refractivity contribution in [2.24, 2.45) is 5.92 Å². The number of nitrogens with zero attached hydrogens (tertiary/aromatic N) is 1. The van der Waals surface area contributed by atoms with Crippen molar-refractivity contribution in [1.82, 2.24) is 9.62 Å². The zero-order chi connectivity index (χ0) is 21.8. The Morgan fingerprint density at radius 3 is 2.35 bits per heavy atom. The maximum atomic E-state index is 13.0. The summed E-state index contributed by atoms with van der Waals surface area (Å²) in [5, 5.41) is 4.63. The number of carbonyl (C=O) groups excluding carboxylic acids is 1. The topological polar surface area (TPSA) is 78.5 Å². The lowest BCUT2D eigenvalue weighted by Gasteiger charge is -2.32. The van der Waals surface area contributed by atoms with Gasteiger partial charge in [-0.15, -0.1) is 0 Å². The molecule has 0 unspecified atom stereocenters. The minimum Gasteiger partial charge on any atom is -0.325 e. The molecule has 1 heterocycles. The van der Waals surface area contributed by atoms with Gasteiger partial charge in [-0.05, 0) is 65.9 Å². The fraction of sp³-hybridized carbons (Fsp3) is 0.261. The van der Waals surface area contributed by atoms with Crippen molar-refractivity contribution in [1.29, 1.82) is 0 Å². The highest BCUT2D eigenvalue weighted by atomic mass is 32.2. The van der Waals surface area contributed by atoms with Crippen molar-refractivity contribution in [2.75, 3.05) is 25.0 Å². The Labute approximate surface area is 181 Å². The van der Waals surface area contributed by atoms with E-state index >= 15 is 0 Å². The van der Waals surface area contributed by atoms with Crippen molar-refractivity contribution >= 4 is 32.5 Å². The summed E-state index contributed by atoms with van der Waals surface area (Å²) in [6.07, 6.45) is 1.41. The van der Waals surface area contributed by atoms with Gasteiger partial charge in [-0.2, -0.15) is 0 Å². The molecule has 3 aromatic rings. The van der Waals surface area contributed by atoms with Gasteiger partial charge in [-0.25, -0.2) is 22.3 Å². The molecule has 0 aromatic heterocycles. The van der Waals surface area contributed by atoms with Gasteiger partial charge in [0.2, 0.25) is 10.0 Å². The first-order chi connectivity index (χ1) is 14.9. The van der Waals surface area contributed by atoms with Gasteiger partial charge in [-0.3, -0.25) is 0 Å². The van der Waals surface area contributed by atoms with Crippen LogP contribution in [0.2, 0.25) is 0 Å². The minimum absolute atomic E-state index is 0.158. The predicted octanol–water partition coefficient (Wildman–Crippen LogP) is 4.20. The molecule has 0 aliphatic carbocycles. The number of fused-ring (bicyclic) bond motifs is 1. The van der Waals surface area contributed by atoms with Gasteiger partial charge < -0.3 is 10.2 Å². The zero-order valence-corrected chi connectivity index (χ0v) is 17.7. The lowest BCUT2D eigenvalue weighted by atomic mass is 9.97. The third-order valence-corrected chi connectivity index (χ3v) is 7.01. The van der Waals surface area contributed by atoms with Crippen LogP contribution >= 0.6 is 0 Å². The fourth-order valence-electron chi connectivity index (χ4n) is 3.72. The number of piperidine rings is 1. The Kier molecular flexibility index (Phi) is 6.20. The largest absolute Gasteiger partial charge is 0.325 e. The molecule has 1 fully saturated rings. The number of sulfonamides is 1. The number of hydrogen-bond acceptors (Lipinski definition) is 3. The highest BCUT2D eigenvalue weighted by Crippen LogP contribution is 2.21. The van der Waals surface area contributed by atoms with Gasteiger partial charge in [0.25, 0.3) is 0 Å². The highest BCUT2D eigenvalue weighted by Gasteiger charge is 2.24. The normalized spacial score (nSPS) is 15.2. The number of amides is 2. The average Bonchev–Trinajstić information content (AvgIpc) is 2.79. The number of anilines is 1. The summed E-state index contributed by atoms with van der Waals surface area (Å²) in [5.74, 6) is -0.199. The SMILES string of the molecule is O=C(Nc1ccc(F)cc1)N1CCC(CNS(=O)(=O)c2ccc3ccccc3c2)CC1. The van der Waals surface area contributed by atoms with Crippen LogP contribution in [0.5, 0.6) is 0 Å². The molecule has 0 spiro atoms. The van der Waals surface area contributed by atoms with E-state index in [0.29, 0.717) is 38.2 Å². The van der Waals surface area contributed by atoms with E-state index in [1.165, 1.54) is 24.3 Å². The molecule has 1 aliphatic heterocycles. The number of likely N-dealkylation sites (tertiary alicyclic amines) is 1. The number of rotatable bonds is 5. The number of hydrogen-bond donors (Lipinski definition) is 2. The van der Waals surface area contributed by atoms with Gasteiger partial charge in [0.1, 0.15) is 5.82 Å². The summed E-state index contributed by atoms with van der Waals surface area (Å²) in [4.78, 5) is 14.3. The Balaban J connectivity index is 1.29. The van der Waals surface area contributed by atoms with Crippen LogP contribution in [0.25, 0.3) is 10.8 Å². The molecule has 4 rings (SSSR count). The maximum absolute atomic E-state index is 13.0. The Hall–Kier alpha value is -2.97. The van der Waals surface area contributed by atoms with E-state index in [4.69, 9.17) is 0 Å². The van der Waals surface area contributed by atoms with Crippen LogP contribution in [0.1, 0.15) is 12.8 Å². The molecule has 2 N–H and O–H groups in total. The van der Waals surface area contributed by atoms with E-state index in [0.717, 1.165) is 10.8 Å². The third kappa shape index (κ3) is 5.21. The van der Waals surface area contributed by atoms with Crippen molar-refractivity contribution in [3.63, 3.8) is 0 Å². The fourth-order valence-corrected chi connectivity index (χ4v) is 4.87. The molecule has 2 amide bonds. The molecule has 3 aromatic carbocycles. The second-order valence-corrected chi connectivity index (χ2v) is 9.50. The molecule has 0 bridgehead atoms. The molecule has 162 valence electrons. The molecule has 6 nitrogen and oxygen atoms in total. The zero-order valence-electron chi connectivity index (χ0n) is 16.9. The summed E-state index contributed by atoms with van der Waals surface area (Å²) in [5.41, 5.74) is 0.539. The molecule has 1 aliphatic rings. The molecular formula is C23H24FN3O3S. The van der Waals surface area contributed by atoms with Gasteiger partial charge >= 0.3 is 6.03 Å². The number of nitrogens with one attached hydrogen (secondary N) is 2. The Bertz CT molecular complexity index is 1170. The maximum Gasteiger partial charge on any atom is 0.321 e. The highest BCUT2D eigenvalue weighted by molar-refractivity contribution is 7.89. The first-order valence-electron chi connectivity index (χ1n) is 10.2. The smallest absolute Gasteiger partial charge is 0.321 e. The van der Waals surface area contributed by atoms with E-state index in [-0.39, 0.29) is 22.7 Å². The monoisotopic (exact) mass is 441 g/mol. The van der Waals surface area contributed by atoms with Crippen molar-refractivity contribution < 1.29 is 17.6 Å². The van der Waals surface area contributed by atoms with Crippen molar-refractivity contribution in [3.05, 3.63) is 72.5 Å². The average molecular weight is 442 g/mol. The summed E-state index contributed by atoms with van der Waals surface area (Å²) in [7, 11) is -3.60. The lowest BCUT2D eigenvalue weighted by Crippen LogP contribution is -2.43. The van der Waals surface area contributed by atoms with E-state index in [9.17, 15) is 17.6 Å². The molecule has 0 radical (unpaired) electrons. The van der Waals surface area contributed by atoms with Crippen LogP contribution in [0.4, 0.5) is 14.9 Å². The van der Waals surface area contributed by atoms with Crippen LogP contribution in [-0.2, 0) is 10.0 Å². The van der Waals surface area contributed by atoms with Crippen LogP contribution in [0.3, 0.4) is 0 Å². The summed E-state index contributed by atoms with van der Waals surface area (Å²) >= 11 is 0. The van der Waals surface area contributed by atoms with Gasteiger partial charge in [-0.1, -0.05) is 30.3 Å². The van der Waals surface area contributed by atoms with E-state index < -0.39 is 10.0 Å². The van der Waals surface area contributed by atoms with Gasteiger partial charge in [0.05, 0.1) is 4.90 Å². The van der Waals surface area contributed by atoms with E-state index in [1.54, 1.807) is 17.0 Å². The van der Waals surface area contributed by atoms with E-state index in [1.807, 2.05) is 30.3 Å². The first kappa shape index (κ1) is 21.3. The lowest BCUT2D eigenvalue weighted by molar-refractivity contribution is 0.183. The Morgan fingerprint density at radius 1 is 0.968 bits per heavy atom. The molecular weight excluding hydrogens is 417 g/mol. The van der Waals surface area contributed by atoms with Crippen molar-refractivity contribution in [2.45, 2.75) is 17.7 Å². The first-order valence-corrected chi connectivity index (χ1v) is 11.7. The number of benzene rings is 3. The number of halogens is 1. The third-order valence-electron chi connectivity index (χ3n) is 5.59. The quantitative estimate of drug-likeness (QED) is 0.623. The Morgan fingerprint density at radius 2 is 1.65 bits per heavy atom. The van der Waals surface area contributed by atoms with Crippen LogP contribution in [0, 0.1) is 11.7 Å². The standard InChI is InChI=1S/C23H24FN3O3S/c24-20-6-8-21(9-7-20)26-23(28)27-13-11-17(12-14-27)16-25-31(29,30)22-10-5-18-3-1-2-4-19(18)15-22/h1-10,15,17,25H,11-14,16H2,(H,26,28). The second kappa shape index (κ2) is 9.03. The molecule has 8 heteroatoms. The molecule has 0 atom stereocenters. The molecule has 31 heavy (non-hydrogen) atoms. The van der Waals surface area contributed by atoms with Crippen LogP contribution < -0.4 is 10.0 Å². The second-order valence-electron chi connectivity index (χ2n) is 7.73. The van der Waals surface area contributed by atoms with Crippen molar-refractivity contribution in [3.8, 4) is 0 Å². The van der Waals surface area contributed by atoms with Crippen LogP contribution in [0.15, 0.2) is 71.6 Å². The minimum atomic E-state index is -3.60.